The molecule has 0 amide bonds. The molecule has 1 rings (SSSR count). The number of benzene rings is 1. The van der Waals surface area contributed by atoms with E-state index in [0.29, 0.717) is 5.75 Å². The molecule has 0 heterocycles. The summed E-state index contributed by atoms with van der Waals surface area (Å²) in [7, 11) is -2.82. The molecule has 0 unspecified atom stereocenters. The molecule has 0 saturated carbocycles. The minimum absolute atomic E-state index is 0. The first kappa shape index (κ1) is 13.5. The van der Waals surface area contributed by atoms with Gasteiger partial charge in [0.25, 0.3) is 11.0 Å². The molecule has 0 aliphatic heterocycles. The van der Waals surface area contributed by atoms with Gasteiger partial charge < -0.3 is 4.18 Å². The molecule has 0 aliphatic rings. The average Bonchev–Trinajstić information content (AvgIpc) is 2.05. The van der Waals surface area contributed by atoms with Gasteiger partial charge in [-0.3, -0.25) is 0 Å². The second-order valence-electron chi connectivity index (χ2n) is 2.09. The fourth-order valence-corrected chi connectivity index (χ4v) is 1.04. The third kappa shape index (κ3) is 5.07. The van der Waals surface area contributed by atoms with E-state index in [0.717, 1.165) is 5.56 Å². The van der Waals surface area contributed by atoms with Crippen molar-refractivity contribution in [2.24, 2.45) is 0 Å². The summed E-state index contributed by atoms with van der Waals surface area (Å²) >= 11 is 0. The van der Waals surface area contributed by atoms with Crippen molar-refractivity contribution < 1.29 is 12.6 Å². The molecule has 0 saturated heterocycles. The number of rotatable bonds is 3. The first-order valence-electron chi connectivity index (χ1n) is 3.27. The molecule has 13 heavy (non-hydrogen) atoms. The summed E-state index contributed by atoms with van der Waals surface area (Å²) in [5.41, 5.74) is 0.920. The van der Waals surface area contributed by atoms with Gasteiger partial charge in [0.2, 0.25) is 0 Å². The molecule has 5 heteroatoms. The Morgan fingerprint density at radius 3 is 2.15 bits per heavy atom. The van der Waals surface area contributed by atoms with Crippen LogP contribution in [0.3, 0.4) is 0 Å². The van der Waals surface area contributed by atoms with Crippen molar-refractivity contribution in [1.29, 1.82) is 0 Å². The summed E-state index contributed by atoms with van der Waals surface area (Å²) in [6.07, 6.45) is 1.67. The molecule has 66 valence electrons. The van der Waals surface area contributed by atoms with E-state index in [9.17, 15) is 8.42 Å². The summed E-state index contributed by atoms with van der Waals surface area (Å²) in [6, 6.07) is 6.59. The molecule has 0 spiro atoms. The van der Waals surface area contributed by atoms with Gasteiger partial charge in [-0.15, -0.1) is 0 Å². The molecule has 0 aromatic heterocycles. The zero-order valence-corrected chi connectivity index (χ0v) is 7.16. The molecule has 0 bridgehead atoms. The second kappa shape index (κ2) is 6.89. The Bertz CT molecular complexity index is 335. The van der Waals surface area contributed by atoms with Gasteiger partial charge in [0.15, 0.2) is 0 Å². The summed E-state index contributed by atoms with van der Waals surface area (Å²) in [5.74, 6) is 0.316. The summed E-state index contributed by atoms with van der Waals surface area (Å²) in [4.78, 5) is 0. The van der Waals surface area contributed by atoms with Crippen molar-refractivity contribution >= 4 is 75.2 Å². The number of hydrogen-bond acceptors (Lipinski definition) is 3. The van der Waals surface area contributed by atoms with Gasteiger partial charge in [0.1, 0.15) is 5.75 Å². The summed E-state index contributed by atoms with van der Waals surface area (Å²) in [5, 5.41) is 0. The van der Waals surface area contributed by atoms with E-state index in [4.69, 9.17) is 0 Å². The molecular weight excluding hydrogens is 262 g/mol. The van der Waals surface area contributed by atoms with Crippen molar-refractivity contribution in [2.75, 3.05) is 0 Å². The van der Waals surface area contributed by atoms with Crippen LogP contribution in [0, 0.1) is 0 Å². The van der Waals surface area contributed by atoms with Crippen LogP contribution in [0.2, 0.25) is 0 Å². The molecule has 1 aromatic rings. The Hall–Kier alpha value is 0.515. The number of hydrogen-bond donors (Lipinski definition) is 1. The molecule has 0 radical (unpaired) electrons. The third-order valence-corrected chi connectivity index (χ3v) is 1.66. The molecule has 0 fully saturated rings. The Labute approximate surface area is 128 Å². The zero-order chi connectivity index (χ0) is 8.97. The van der Waals surface area contributed by atoms with Gasteiger partial charge in [-0.2, -0.15) is 8.42 Å². The van der Waals surface area contributed by atoms with E-state index >= 15 is 0 Å². The number of thiol groups is 1. The monoisotopic (exact) mass is 270 g/mol. The van der Waals surface area contributed by atoms with Crippen LogP contribution in [-0.4, -0.2) is 66.6 Å². The predicted octanol–water partition coefficient (Wildman–Crippen LogP) is 0.586. The van der Waals surface area contributed by atoms with Crippen molar-refractivity contribution in [1.82, 2.24) is 0 Å². The Morgan fingerprint density at radius 1 is 1.23 bits per heavy atom. The Morgan fingerprint density at radius 2 is 1.77 bits per heavy atom. The fourth-order valence-electron chi connectivity index (χ4n) is 0.751. The van der Waals surface area contributed by atoms with Crippen LogP contribution in [0.1, 0.15) is 5.56 Å². The van der Waals surface area contributed by atoms with Crippen molar-refractivity contribution in [3.05, 3.63) is 36.4 Å². The van der Waals surface area contributed by atoms with Crippen LogP contribution in [0.15, 0.2) is 30.8 Å². The fraction of sp³-hybridized carbons (Fsp3) is 0. The molecular formula is C8H9O3RbS. The average molecular weight is 271 g/mol. The SMILES string of the molecule is C=Cc1ccc(O[SH](=O)=O)cc1.[RbH]. The van der Waals surface area contributed by atoms with Gasteiger partial charge in [-0.1, -0.05) is 24.8 Å². The van der Waals surface area contributed by atoms with Crippen molar-refractivity contribution in [3.8, 4) is 5.75 Å². The maximum atomic E-state index is 10.1. The van der Waals surface area contributed by atoms with Crippen LogP contribution in [0.5, 0.6) is 5.75 Å². The van der Waals surface area contributed by atoms with Crippen LogP contribution < -0.4 is 4.18 Å². The van der Waals surface area contributed by atoms with E-state index in [1.807, 2.05) is 0 Å². The third-order valence-electron chi connectivity index (χ3n) is 1.30. The minimum atomic E-state index is -2.82. The van der Waals surface area contributed by atoms with Crippen LogP contribution >= 0.6 is 0 Å². The van der Waals surface area contributed by atoms with E-state index in [1.54, 1.807) is 30.3 Å². The molecule has 0 aliphatic carbocycles. The maximum absolute atomic E-state index is 10.1. The van der Waals surface area contributed by atoms with Crippen LogP contribution in [0.25, 0.3) is 6.08 Å². The van der Waals surface area contributed by atoms with E-state index in [-0.39, 0.29) is 58.2 Å². The van der Waals surface area contributed by atoms with E-state index < -0.39 is 11.0 Å². The van der Waals surface area contributed by atoms with Gasteiger partial charge in [-0.05, 0) is 17.7 Å². The summed E-state index contributed by atoms with van der Waals surface area (Å²) < 4.78 is 24.7. The second-order valence-corrected chi connectivity index (χ2v) is 2.72. The first-order chi connectivity index (χ1) is 5.72. The summed E-state index contributed by atoms with van der Waals surface area (Å²) in [6.45, 7) is 3.56. The topological polar surface area (TPSA) is 43.4 Å². The van der Waals surface area contributed by atoms with Crippen molar-refractivity contribution in [3.63, 3.8) is 0 Å². The molecule has 3 nitrogen and oxygen atoms in total. The van der Waals surface area contributed by atoms with E-state index in [1.165, 1.54) is 0 Å². The molecule has 0 atom stereocenters. The predicted molar refractivity (Wildman–Crippen MR) is 54.6 cm³/mol. The van der Waals surface area contributed by atoms with Crippen LogP contribution in [0.4, 0.5) is 0 Å². The Kier molecular flexibility index (Phi) is 7.17. The standard InChI is InChI=1S/C8H8O3S.Rb.H/c1-2-7-3-5-8(6-4-7)11-12(9)10;;/h2-6,12H,1H2;;. The quantitative estimate of drug-likeness (QED) is 0.818. The van der Waals surface area contributed by atoms with Gasteiger partial charge in [0.05, 0.1) is 0 Å². The molecule has 0 N–H and O–H groups in total. The van der Waals surface area contributed by atoms with Crippen molar-refractivity contribution in [2.45, 2.75) is 0 Å². The zero-order valence-electron chi connectivity index (χ0n) is 6.27. The van der Waals surface area contributed by atoms with Crippen LogP contribution in [-0.2, 0) is 11.0 Å². The van der Waals surface area contributed by atoms with Gasteiger partial charge >= 0.3 is 58.2 Å². The van der Waals surface area contributed by atoms with E-state index in [2.05, 4.69) is 10.8 Å². The normalized spacial score (nSPS) is 9.00. The molecule has 1 aromatic carbocycles. The van der Waals surface area contributed by atoms with Gasteiger partial charge in [-0.25, -0.2) is 0 Å². The first-order valence-corrected chi connectivity index (χ1v) is 4.37. The Balaban J connectivity index is 0.00000144. The van der Waals surface area contributed by atoms with Gasteiger partial charge in [0, 0.05) is 0 Å².